The number of aliphatic hydroxyl groups excluding tert-OH is 21. The van der Waals surface area contributed by atoms with Gasteiger partial charge in [-0.1, -0.05) is 73.1 Å². The molecule has 125 heavy (non-hydrogen) atoms. The number of fused-ring (bicyclic) bond motifs is 7. The fourth-order valence-electron chi connectivity index (χ4n) is 22.7. The Morgan fingerprint density at radius 1 is 0.472 bits per heavy atom. The Morgan fingerprint density at radius 2 is 0.944 bits per heavy atom. The molecule has 718 valence electrons. The van der Waals surface area contributed by atoms with Crippen LogP contribution in [0.4, 0.5) is 0 Å². The zero-order chi connectivity index (χ0) is 91.2. The maximum absolute atomic E-state index is 15.9. The van der Waals surface area contributed by atoms with Crippen molar-refractivity contribution in [2.75, 3.05) is 52.9 Å². The van der Waals surface area contributed by atoms with Crippen molar-refractivity contribution in [3.8, 4) is 0 Å². The summed E-state index contributed by atoms with van der Waals surface area (Å²) in [4.78, 5) is 30.4. The summed E-state index contributed by atoms with van der Waals surface area (Å²) in [5.41, 5.74) is -3.34. The highest BCUT2D eigenvalue weighted by atomic mass is 16.8. The molecule has 0 aromatic rings. The molecule has 41 nitrogen and oxygen atoms in total. The first kappa shape index (κ1) is 99.4. The predicted molar refractivity (Wildman–Crippen MR) is 417 cm³/mol. The van der Waals surface area contributed by atoms with Gasteiger partial charge in [-0.05, 0) is 135 Å². The average Bonchev–Trinajstić information content (AvgIpc) is 0.673. The minimum atomic E-state index is -2.14. The van der Waals surface area contributed by atoms with Gasteiger partial charge in [-0.2, -0.15) is 0 Å². The van der Waals surface area contributed by atoms with Crippen LogP contribution in [0.1, 0.15) is 146 Å². The molecular formula is C84H136O41. The summed E-state index contributed by atoms with van der Waals surface area (Å²) in [5.74, 6) is -2.69. The van der Waals surface area contributed by atoms with Crippen molar-refractivity contribution in [3.63, 3.8) is 0 Å². The number of rotatable bonds is 27. The molecule has 22 N–H and O–H groups in total. The zero-order valence-corrected chi connectivity index (χ0v) is 72.0. The van der Waals surface area contributed by atoms with Crippen LogP contribution >= 0.6 is 0 Å². The van der Waals surface area contributed by atoms with Crippen molar-refractivity contribution in [2.24, 2.45) is 56.2 Å². The van der Waals surface area contributed by atoms with Crippen LogP contribution in [0.3, 0.4) is 0 Å². The van der Waals surface area contributed by atoms with Gasteiger partial charge in [0.25, 0.3) is 0 Å². The van der Waals surface area contributed by atoms with E-state index in [1.165, 1.54) is 6.08 Å². The van der Waals surface area contributed by atoms with Gasteiger partial charge in [0.1, 0.15) is 159 Å². The molecule has 0 aromatic heterocycles. The number of allylic oxidation sites excluding steroid dienone is 2. The van der Waals surface area contributed by atoms with Gasteiger partial charge < -0.3 is 193 Å². The minimum Gasteiger partial charge on any atom is -0.456 e. The summed E-state index contributed by atoms with van der Waals surface area (Å²) in [6, 6.07) is 0. The highest BCUT2D eigenvalue weighted by Crippen LogP contribution is 2.76. The Balaban J connectivity index is 0.710. The average molecular weight is 1800 g/mol. The van der Waals surface area contributed by atoms with Gasteiger partial charge in [-0.3, -0.25) is 9.59 Å². The molecule has 41 heteroatoms. The molecule has 0 radical (unpaired) electrons. The van der Waals surface area contributed by atoms with E-state index in [0.717, 1.165) is 18.4 Å². The molecule has 0 spiro atoms. The molecule has 13 aliphatic rings. The topological polar surface area (TPSA) is 636 Å². The van der Waals surface area contributed by atoms with Crippen LogP contribution in [-0.2, 0) is 90.1 Å². The molecular weight excluding hydrogens is 1660 g/mol. The summed E-state index contributed by atoms with van der Waals surface area (Å²) < 4.78 is 102. The lowest BCUT2D eigenvalue weighted by molar-refractivity contribution is -0.384. The normalized spacial score (nSPS) is 50.7. The van der Waals surface area contributed by atoms with Crippen LogP contribution in [0, 0.1) is 56.2 Å². The molecule has 46 atom stereocenters. The molecule has 5 aliphatic carbocycles. The smallest absolute Gasteiger partial charge is 0.315 e. The number of esters is 2. The van der Waals surface area contributed by atoms with Gasteiger partial charge in [0.2, 0.25) is 6.29 Å². The van der Waals surface area contributed by atoms with Gasteiger partial charge in [0, 0.05) is 0 Å². The van der Waals surface area contributed by atoms with Crippen LogP contribution in [0.25, 0.3) is 0 Å². The second-order valence-electron chi connectivity index (χ2n) is 39.5. The Hall–Kier alpha value is -3.06. The van der Waals surface area contributed by atoms with Gasteiger partial charge in [0.05, 0.1) is 75.9 Å². The van der Waals surface area contributed by atoms with E-state index < -0.39 is 320 Å². The fourth-order valence-corrected chi connectivity index (χ4v) is 22.7. The summed E-state index contributed by atoms with van der Waals surface area (Å²) in [5, 5.41) is 242. The number of hydrogen-bond donors (Lipinski definition) is 22. The summed E-state index contributed by atoms with van der Waals surface area (Å²) in [6.45, 7) is 16.6. The maximum atomic E-state index is 15.9. The van der Waals surface area contributed by atoms with Crippen LogP contribution in [0.5, 0.6) is 0 Å². The SMILES string of the molecule is C=CC(C)(O)CCCC(C)C(=O)OC1C(OC2OCC(OC3OC(CO)C(O)C(O)C3O)C(OC3OCC(O)C(OC4OC(CO)C(O)C(O)C4O)C3O)C2O)COC(OC(=O)C23CCC(C)(C)CC2C2=CCC4C5(C)CCC(OC6OC(CO)C(OC7OC(CO)C(O)C(OC8OCC(O)C(O)C8O)C7O)C(O)C6O)C(C)(C)C5CCC4(C)C2(C)CC3)C1O. The Bertz CT molecular complexity index is 3610. The van der Waals surface area contributed by atoms with Crippen molar-refractivity contribution in [2.45, 2.75) is 379 Å². The van der Waals surface area contributed by atoms with Crippen molar-refractivity contribution < 1.29 is 202 Å². The molecule has 8 saturated heterocycles. The third-order valence-corrected chi connectivity index (χ3v) is 30.7. The first-order valence-electron chi connectivity index (χ1n) is 43.9. The number of carbonyl (C=O) groups is 2. The van der Waals surface area contributed by atoms with E-state index in [1.807, 2.05) is 0 Å². The lowest BCUT2D eigenvalue weighted by Crippen LogP contribution is -2.67. The second-order valence-corrected chi connectivity index (χ2v) is 39.5. The quantitative estimate of drug-likeness (QED) is 0.0207. The highest BCUT2D eigenvalue weighted by Gasteiger charge is 2.71. The maximum Gasteiger partial charge on any atom is 0.315 e. The van der Waals surface area contributed by atoms with Crippen LogP contribution in [-0.4, -0.2) is 410 Å². The molecule has 0 bridgehead atoms. The predicted octanol–water partition coefficient (Wildman–Crippen LogP) is -5.89. The molecule has 0 aromatic carbocycles. The van der Waals surface area contributed by atoms with E-state index in [4.69, 9.17) is 80.5 Å². The van der Waals surface area contributed by atoms with Crippen LogP contribution < -0.4 is 0 Å². The number of aliphatic hydroxyl groups is 22. The van der Waals surface area contributed by atoms with Crippen LogP contribution in [0.15, 0.2) is 24.3 Å². The first-order chi connectivity index (χ1) is 58.8. The molecule has 0 amide bonds. The first-order valence-corrected chi connectivity index (χ1v) is 43.9. The summed E-state index contributed by atoms with van der Waals surface area (Å²) in [6.07, 6.45) is -54.8. The Morgan fingerprint density at radius 3 is 1.57 bits per heavy atom. The molecule has 8 heterocycles. The number of hydrogen-bond acceptors (Lipinski definition) is 41. The third kappa shape index (κ3) is 19.0. The molecule has 8 aliphatic heterocycles. The van der Waals surface area contributed by atoms with E-state index in [0.29, 0.717) is 57.8 Å². The van der Waals surface area contributed by atoms with Gasteiger partial charge in [0.15, 0.2) is 56.2 Å². The van der Waals surface area contributed by atoms with Crippen molar-refractivity contribution in [3.05, 3.63) is 24.3 Å². The third-order valence-electron chi connectivity index (χ3n) is 30.7. The van der Waals surface area contributed by atoms with Crippen molar-refractivity contribution >= 4 is 11.9 Å². The zero-order valence-electron chi connectivity index (χ0n) is 72.0. The molecule has 13 rings (SSSR count). The van der Waals surface area contributed by atoms with Crippen molar-refractivity contribution in [1.29, 1.82) is 0 Å². The molecule has 46 unspecified atom stereocenters. The van der Waals surface area contributed by atoms with Crippen molar-refractivity contribution in [1.82, 2.24) is 0 Å². The minimum absolute atomic E-state index is 0.0162. The lowest BCUT2D eigenvalue weighted by Gasteiger charge is -2.71. The molecule has 12 fully saturated rings. The van der Waals surface area contributed by atoms with E-state index in [1.54, 1.807) is 13.8 Å². The van der Waals surface area contributed by atoms with Gasteiger partial charge in [-0.15, -0.1) is 6.58 Å². The monoisotopic (exact) mass is 1800 g/mol. The fraction of sp³-hybridized carbons (Fsp3) is 0.929. The van der Waals surface area contributed by atoms with E-state index in [2.05, 4.69) is 61.1 Å². The van der Waals surface area contributed by atoms with E-state index >= 15 is 4.79 Å². The van der Waals surface area contributed by atoms with Crippen LogP contribution in [0.2, 0.25) is 0 Å². The highest BCUT2D eigenvalue weighted by molar-refractivity contribution is 5.79. The number of ether oxygens (including phenoxy) is 17. The summed E-state index contributed by atoms with van der Waals surface area (Å²) >= 11 is 0. The Labute approximate surface area is 723 Å². The largest absolute Gasteiger partial charge is 0.456 e. The van der Waals surface area contributed by atoms with E-state index in [9.17, 15) is 117 Å². The lowest BCUT2D eigenvalue weighted by atomic mass is 9.33. The Kier molecular flexibility index (Phi) is 31.1. The molecule has 4 saturated carbocycles. The second kappa shape index (κ2) is 39.1. The number of carbonyl (C=O) groups excluding carboxylic acids is 2. The summed E-state index contributed by atoms with van der Waals surface area (Å²) in [7, 11) is 0. The van der Waals surface area contributed by atoms with Gasteiger partial charge in [-0.25, -0.2) is 0 Å². The standard InChI is InChI=1S/C84H136O41/c1-11-80(7,108)18-12-13-34(2)68(106)120-65-43(117-70-61(104)66(44(33-111-70)118-73-56(99)52(95)49(92)39(26-85)113-73)122-71-59(102)63(38(90)31-110-71)121-75-57(100)53(96)50(93)40(27-86)114-75)32-112-72(60(65)103)125-77(107)84-23-21-78(3,4)25-36(84)35-14-15-46-81(8)19-17-47(79(5,6)45(81)16-20-83(46,10)82(35,9)22-24-84)119-74-58(101)54(97)64(42(29-88)116-74)123-76-62(105)67(51(94)41(28-87)115-76)124-69-55(98)48(91)37(89)30-109-69/h11,14,34,36-67,69-76,85-105,108H,1,12-13,15-33H2,2-10H3. The van der Waals surface area contributed by atoms with E-state index in [-0.39, 0.29) is 46.8 Å². The van der Waals surface area contributed by atoms with Gasteiger partial charge >= 0.3 is 11.9 Å².